The van der Waals surface area contributed by atoms with Gasteiger partial charge in [0, 0.05) is 5.57 Å². The zero-order valence-corrected chi connectivity index (χ0v) is 14.6. The Morgan fingerprint density at radius 2 is 2.26 bits per heavy atom. The number of nitriles is 1. The van der Waals surface area contributed by atoms with Crippen LogP contribution in [0.4, 0.5) is 0 Å². The normalized spacial score (nSPS) is 38.9. The molecule has 1 heterocycles. The smallest absolute Gasteiger partial charge is 0.0954 e. The van der Waals surface area contributed by atoms with Gasteiger partial charge in [-0.2, -0.15) is 5.26 Å². The molecule has 0 saturated carbocycles. The van der Waals surface area contributed by atoms with Gasteiger partial charge in [-0.3, -0.25) is 0 Å². The third-order valence-electron chi connectivity index (χ3n) is 5.27. The van der Waals surface area contributed by atoms with Gasteiger partial charge in [0.15, 0.2) is 0 Å². The fourth-order valence-electron chi connectivity index (χ4n) is 3.23. The van der Waals surface area contributed by atoms with Gasteiger partial charge >= 0.3 is 0 Å². The average Bonchev–Trinajstić information content (AvgIpc) is 3.14. The van der Waals surface area contributed by atoms with E-state index in [1.165, 1.54) is 0 Å². The van der Waals surface area contributed by atoms with E-state index in [4.69, 9.17) is 4.74 Å². The molecule has 0 aromatic carbocycles. The Morgan fingerprint density at radius 1 is 1.52 bits per heavy atom. The molecule has 3 heteroatoms. The maximum atomic E-state index is 10.0. The number of nitrogens with zero attached hydrogens (tertiary/aromatic N) is 1. The summed E-state index contributed by atoms with van der Waals surface area (Å²) in [5, 5.41) is 19.4. The van der Waals surface area contributed by atoms with Crippen LogP contribution in [-0.2, 0) is 4.74 Å². The minimum Gasteiger partial charge on any atom is -0.389 e. The molecule has 0 spiro atoms. The number of hydrogen-bond acceptors (Lipinski definition) is 3. The molecule has 1 fully saturated rings. The summed E-state index contributed by atoms with van der Waals surface area (Å²) in [5.41, 5.74) is 1.55. The van der Waals surface area contributed by atoms with Crippen molar-refractivity contribution in [2.45, 2.75) is 77.1 Å². The highest BCUT2D eigenvalue weighted by Crippen LogP contribution is 2.44. The number of rotatable bonds is 4. The van der Waals surface area contributed by atoms with Gasteiger partial charge in [-0.1, -0.05) is 37.3 Å². The monoisotopic (exact) mass is 315 g/mol. The Bertz CT molecular complexity index is 556. The minimum absolute atomic E-state index is 0.0520. The van der Waals surface area contributed by atoms with E-state index in [2.05, 4.69) is 44.7 Å². The molecule has 0 amide bonds. The molecule has 1 aliphatic carbocycles. The van der Waals surface area contributed by atoms with E-state index in [-0.39, 0.29) is 17.1 Å². The maximum Gasteiger partial charge on any atom is 0.0954 e. The molecular formula is C20H29NO2. The molecule has 1 N–H and O–H groups in total. The fourth-order valence-corrected chi connectivity index (χ4v) is 3.23. The first-order chi connectivity index (χ1) is 10.8. The van der Waals surface area contributed by atoms with Crippen LogP contribution in [0.15, 0.2) is 36.0 Å². The van der Waals surface area contributed by atoms with E-state index >= 15 is 0 Å². The predicted molar refractivity (Wildman–Crippen MR) is 92.7 cm³/mol. The lowest BCUT2D eigenvalue weighted by Gasteiger charge is -2.26. The molecule has 126 valence electrons. The standard InChI is InChI=1S/C20H29NO2/c1-15(2)17(22)9-13-19(3)10-5-11-20(4)18(23-20)7-6-16(14-21)8-12-19/h5,8,10,17-18,22H,1,6-7,9,11-13H2,2-4H3/b10-5+,16-8-/t17?,18-,19-,20-/m0/s1. The molecule has 4 atom stereocenters. The maximum absolute atomic E-state index is 10.0. The Labute approximate surface area is 140 Å². The van der Waals surface area contributed by atoms with Crippen molar-refractivity contribution in [2.75, 3.05) is 0 Å². The van der Waals surface area contributed by atoms with Crippen molar-refractivity contribution in [1.82, 2.24) is 0 Å². The van der Waals surface area contributed by atoms with Gasteiger partial charge in [0.1, 0.15) is 0 Å². The van der Waals surface area contributed by atoms with E-state index < -0.39 is 6.10 Å². The summed E-state index contributed by atoms with van der Waals surface area (Å²) in [7, 11) is 0. The third kappa shape index (κ3) is 4.80. The van der Waals surface area contributed by atoms with Crippen LogP contribution in [0.5, 0.6) is 0 Å². The lowest BCUT2D eigenvalue weighted by atomic mass is 9.79. The molecule has 23 heavy (non-hydrogen) atoms. The van der Waals surface area contributed by atoms with Crippen LogP contribution < -0.4 is 0 Å². The van der Waals surface area contributed by atoms with E-state index in [0.29, 0.717) is 6.42 Å². The summed E-state index contributed by atoms with van der Waals surface area (Å²) >= 11 is 0. The lowest BCUT2D eigenvalue weighted by Crippen LogP contribution is -2.17. The van der Waals surface area contributed by atoms with Gasteiger partial charge in [-0.05, 0) is 57.8 Å². The van der Waals surface area contributed by atoms with Crippen molar-refractivity contribution in [3.05, 3.63) is 36.0 Å². The number of ether oxygens (including phenoxy) is 1. The van der Waals surface area contributed by atoms with Crippen molar-refractivity contribution in [3.8, 4) is 6.07 Å². The number of epoxide rings is 1. The molecule has 1 aliphatic heterocycles. The molecule has 2 rings (SSSR count). The van der Waals surface area contributed by atoms with Crippen molar-refractivity contribution in [1.29, 1.82) is 5.26 Å². The van der Waals surface area contributed by atoms with Crippen LogP contribution >= 0.6 is 0 Å². The summed E-state index contributed by atoms with van der Waals surface area (Å²) in [4.78, 5) is 0. The molecule has 1 unspecified atom stereocenters. The number of aliphatic hydroxyl groups is 1. The molecule has 0 radical (unpaired) electrons. The minimum atomic E-state index is -0.452. The van der Waals surface area contributed by atoms with Gasteiger partial charge in [0.05, 0.1) is 23.9 Å². The Balaban J connectivity index is 2.12. The molecule has 2 aliphatic rings. The largest absolute Gasteiger partial charge is 0.389 e. The summed E-state index contributed by atoms with van der Waals surface area (Å²) in [6.07, 6.45) is 11.4. The first-order valence-corrected chi connectivity index (χ1v) is 8.56. The van der Waals surface area contributed by atoms with Crippen LogP contribution in [0.2, 0.25) is 0 Å². The quantitative estimate of drug-likeness (QED) is 0.616. The van der Waals surface area contributed by atoms with E-state index in [1.54, 1.807) is 0 Å². The van der Waals surface area contributed by atoms with Crippen LogP contribution in [-0.4, -0.2) is 22.9 Å². The van der Waals surface area contributed by atoms with Crippen LogP contribution in [0, 0.1) is 16.7 Å². The highest BCUT2D eigenvalue weighted by molar-refractivity contribution is 5.23. The Morgan fingerprint density at radius 3 is 2.91 bits per heavy atom. The zero-order valence-electron chi connectivity index (χ0n) is 14.6. The summed E-state index contributed by atoms with van der Waals surface area (Å²) < 4.78 is 5.83. The van der Waals surface area contributed by atoms with Crippen molar-refractivity contribution < 1.29 is 9.84 Å². The van der Waals surface area contributed by atoms with Gasteiger partial charge in [0.2, 0.25) is 0 Å². The topological polar surface area (TPSA) is 56.5 Å². The molecule has 0 bridgehead atoms. The van der Waals surface area contributed by atoms with Gasteiger partial charge in [0.25, 0.3) is 0 Å². The number of hydrogen-bond donors (Lipinski definition) is 1. The second-order valence-electron chi connectivity index (χ2n) is 7.66. The number of allylic oxidation sites excluding steroid dienone is 3. The van der Waals surface area contributed by atoms with Crippen LogP contribution in [0.3, 0.4) is 0 Å². The van der Waals surface area contributed by atoms with Crippen molar-refractivity contribution in [2.24, 2.45) is 5.41 Å². The Hall–Kier alpha value is -1.37. The van der Waals surface area contributed by atoms with Gasteiger partial charge < -0.3 is 9.84 Å². The van der Waals surface area contributed by atoms with E-state index in [0.717, 1.165) is 43.3 Å². The molecule has 3 nitrogen and oxygen atoms in total. The molecular weight excluding hydrogens is 286 g/mol. The molecule has 0 aromatic heterocycles. The second-order valence-corrected chi connectivity index (χ2v) is 7.66. The first kappa shape index (κ1) is 18.0. The number of fused-ring (bicyclic) bond motifs is 1. The van der Waals surface area contributed by atoms with Crippen molar-refractivity contribution in [3.63, 3.8) is 0 Å². The lowest BCUT2D eigenvalue weighted by molar-refractivity contribution is 0.180. The summed E-state index contributed by atoms with van der Waals surface area (Å²) in [6, 6.07) is 2.33. The summed E-state index contributed by atoms with van der Waals surface area (Å²) in [5.74, 6) is 0. The SMILES string of the molecule is C=C(C)C(O)CC[C@@]1(C)/C=C/C[C@]2(C)O[C@H]2CC/C(C#N)=C/C1. The fraction of sp³-hybridized carbons (Fsp3) is 0.650. The number of aliphatic hydroxyl groups excluding tert-OH is 1. The van der Waals surface area contributed by atoms with E-state index in [1.807, 2.05) is 6.92 Å². The summed E-state index contributed by atoms with van der Waals surface area (Å²) in [6.45, 7) is 10.0. The molecule has 0 aromatic rings. The highest BCUT2D eigenvalue weighted by atomic mass is 16.6. The average molecular weight is 315 g/mol. The van der Waals surface area contributed by atoms with Crippen LogP contribution in [0.25, 0.3) is 0 Å². The van der Waals surface area contributed by atoms with Crippen LogP contribution in [0.1, 0.15) is 59.3 Å². The third-order valence-corrected chi connectivity index (χ3v) is 5.27. The van der Waals surface area contributed by atoms with Gasteiger partial charge in [-0.25, -0.2) is 0 Å². The van der Waals surface area contributed by atoms with Gasteiger partial charge in [-0.15, -0.1) is 0 Å². The van der Waals surface area contributed by atoms with Crippen molar-refractivity contribution >= 4 is 0 Å². The second kappa shape index (κ2) is 7.03. The highest BCUT2D eigenvalue weighted by Gasteiger charge is 2.50. The predicted octanol–water partition coefficient (Wildman–Crippen LogP) is 4.45. The Kier molecular flexibility index (Phi) is 5.49. The van der Waals surface area contributed by atoms with E-state index in [9.17, 15) is 10.4 Å². The zero-order chi connectivity index (χ0) is 17.1. The molecule has 1 saturated heterocycles. The first-order valence-electron chi connectivity index (χ1n) is 8.56.